The lowest BCUT2D eigenvalue weighted by molar-refractivity contribution is 1.18. The van der Waals surface area contributed by atoms with Crippen molar-refractivity contribution < 1.29 is 0 Å². The first-order valence-electron chi connectivity index (χ1n) is 21.8. The maximum Gasteiger partial charge on any atom is 0.179 e. The highest BCUT2D eigenvalue weighted by atomic mass is 28.3. The summed E-state index contributed by atoms with van der Waals surface area (Å²) < 4.78 is 5.00. The Balaban J connectivity index is 1.27. The smallest absolute Gasteiger partial charge is 0.179 e. The average molecular weight is 819 g/mol. The molecule has 0 fully saturated rings. The van der Waals surface area contributed by atoms with Crippen LogP contribution in [0.25, 0.3) is 77.2 Å². The quantitative estimate of drug-likeness (QED) is 0.107. The normalized spacial score (nSPS) is 11.8. The van der Waals surface area contributed by atoms with E-state index in [4.69, 9.17) is 0 Å². The Kier molecular flexibility index (Phi) is 8.87. The molecular weight excluding hydrogens is 777 g/mol. The van der Waals surface area contributed by atoms with Crippen LogP contribution in [0.15, 0.2) is 255 Å². The Labute approximate surface area is 368 Å². The van der Waals surface area contributed by atoms with E-state index < -0.39 is 8.07 Å². The number of hydrogen-bond donors (Lipinski definition) is 0. The summed E-state index contributed by atoms with van der Waals surface area (Å²) in [4.78, 5) is 0. The molecule has 12 rings (SSSR count). The van der Waals surface area contributed by atoms with Crippen LogP contribution in [0.2, 0.25) is 0 Å². The lowest BCUT2D eigenvalue weighted by Gasteiger charge is -2.36. The monoisotopic (exact) mass is 818 g/mol. The Hall–Kier alpha value is -7.98. The summed E-state index contributed by atoms with van der Waals surface area (Å²) in [5.41, 5.74) is 11.8. The van der Waals surface area contributed by atoms with Gasteiger partial charge in [-0.25, -0.2) is 0 Å². The molecule has 0 bridgehead atoms. The lowest BCUT2D eigenvalue weighted by Crippen LogP contribution is -2.74. The van der Waals surface area contributed by atoms with Gasteiger partial charge in [-0.15, -0.1) is 0 Å². The average Bonchev–Trinajstić information content (AvgIpc) is 3.87. The van der Waals surface area contributed by atoms with Gasteiger partial charge in [-0.3, -0.25) is 0 Å². The molecule has 0 aliphatic rings. The number of nitrogens with zero attached hydrogens (tertiary/aromatic N) is 2. The topological polar surface area (TPSA) is 9.86 Å². The van der Waals surface area contributed by atoms with Gasteiger partial charge in [0.15, 0.2) is 8.07 Å². The van der Waals surface area contributed by atoms with Crippen molar-refractivity contribution >= 4 is 72.4 Å². The summed E-state index contributed by atoms with van der Waals surface area (Å²) in [6.07, 6.45) is 0. The van der Waals surface area contributed by atoms with Gasteiger partial charge in [-0.05, 0) is 68.3 Å². The molecule has 63 heavy (non-hydrogen) atoms. The molecule has 3 heteroatoms. The van der Waals surface area contributed by atoms with Crippen molar-refractivity contribution in [2.75, 3.05) is 0 Å². The van der Waals surface area contributed by atoms with Gasteiger partial charge >= 0.3 is 0 Å². The minimum absolute atomic E-state index is 1.16. The van der Waals surface area contributed by atoms with Crippen LogP contribution in [0.1, 0.15) is 0 Å². The molecule has 0 atom stereocenters. The van der Waals surface area contributed by atoms with Crippen LogP contribution in [0.5, 0.6) is 0 Å². The molecule has 12 aromatic rings. The Morgan fingerprint density at radius 3 is 1.05 bits per heavy atom. The first-order valence-corrected chi connectivity index (χ1v) is 23.8. The zero-order valence-corrected chi connectivity index (χ0v) is 35.6. The van der Waals surface area contributed by atoms with Crippen LogP contribution < -0.4 is 20.7 Å². The van der Waals surface area contributed by atoms with Gasteiger partial charge in [0.25, 0.3) is 0 Å². The fourth-order valence-corrected chi connectivity index (χ4v) is 15.2. The molecule has 0 saturated carbocycles. The third kappa shape index (κ3) is 5.85. The summed E-state index contributed by atoms with van der Waals surface area (Å²) in [6.45, 7) is 0. The van der Waals surface area contributed by atoms with Gasteiger partial charge in [0.1, 0.15) is 0 Å². The van der Waals surface area contributed by atoms with E-state index in [2.05, 4.69) is 264 Å². The highest BCUT2D eigenvalue weighted by Crippen LogP contribution is 2.44. The van der Waals surface area contributed by atoms with E-state index in [9.17, 15) is 0 Å². The van der Waals surface area contributed by atoms with Gasteiger partial charge in [-0.2, -0.15) is 0 Å². The Morgan fingerprint density at radius 2 is 0.603 bits per heavy atom. The zero-order valence-electron chi connectivity index (χ0n) is 34.6. The predicted octanol–water partition coefficient (Wildman–Crippen LogP) is 12.6. The second-order valence-electron chi connectivity index (χ2n) is 16.4. The number of aromatic nitrogens is 2. The molecule has 0 N–H and O–H groups in total. The molecule has 2 nitrogen and oxygen atoms in total. The molecule has 0 amide bonds. The second kappa shape index (κ2) is 15.2. The van der Waals surface area contributed by atoms with Gasteiger partial charge in [0.05, 0.1) is 27.8 Å². The van der Waals surface area contributed by atoms with Crippen LogP contribution in [0.4, 0.5) is 0 Å². The van der Waals surface area contributed by atoms with Crippen molar-refractivity contribution in [1.29, 1.82) is 0 Å². The van der Waals surface area contributed by atoms with Crippen molar-refractivity contribution in [2.24, 2.45) is 0 Å². The minimum Gasteiger partial charge on any atom is -0.309 e. The van der Waals surface area contributed by atoms with Gasteiger partial charge < -0.3 is 9.13 Å². The zero-order chi connectivity index (χ0) is 41.7. The van der Waals surface area contributed by atoms with E-state index in [0.29, 0.717) is 0 Å². The minimum atomic E-state index is -2.95. The fourth-order valence-electron chi connectivity index (χ4n) is 10.4. The van der Waals surface area contributed by atoms with Crippen LogP contribution in [0.3, 0.4) is 0 Å². The first kappa shape index (κ1) is 36.8. The summed E-state index contributed by atoms with van der Waals surface area (Å²) in [5, 5.41) is 10.3. The number of rotatable bonds is 8. The third-order valence-electron chi connectivity index (χ3n) is 13.0. The number of hydrogen-bond acceptors (Lipinski definition) is 0. The summed E-state index contributed by atoms with van der Waals surface area (Å²) >= 11 is 0. The molecule has 2 heterocycles. The molecular formula is C60H42N2Si. The van der Waals surface area contributed by atoms with Crippen molar-refractivity contribution in [2.45, 2.75) is 0 Å². The van der Waals surface area contributed by atoms with E-state index >= 15 is 0 Å². The van der Waals surface area contributed by atoms with Crippen LogP contribution >= 0.6 is 0 Å². The Morgan fingerprint density at radius 1 is 0.254 bits per heavy atom. The van der Waals surface area contributed by atoms with Gasteiger partial charge in [-0.1, -0.05) is 218 Å². The van der Waals surface area contributed by atoms with E-state index in [0.717, 1.165) is 5.69 Å². The van der Waals surface area contributed by atoms with Gasteiger partial charge in [0, 0.05) is 38.4 Å². The van der Waals surface area contributed by atoms with E-state index in [1.807, 2.05) is 0 Å². The molecule has 0 saturated heterocycles. The maximum absolute atomic E-state index is 2.95. The highest BCUT2D eigenvalue weighted by Gasteiger charge is 2.42. The highest BCUT2D eigenvalue weighted by molar-refractivity contribution is 7.20. The summed E-state index contributed by atoms with van der Waals surface area (Å²) in [7, 11) is -2.95. The lowest BCUT2D eigenvalue weighted by atomic mass is 9.95. The number of para-hydroxylation sites is 3. The SMILES string of the molecule is c1ccc(-c2cc([Si](c3ccccc3)(c3ccccc3)c3ccccc3)cc(-c3ccccc3)c2-n2c3ccccc3c3cc4c(cc32)c2ccccc2n4-c2ccccc2)cc1. The molecule has 2 aromatic heterocycles. The third-order valence-corrected chi connectivity index (χ3v) is 17.8. The number of fused-ring (bicyclic) bond motifs is 6. The van der Waals surface area contributed by atoms with Crippen LogP contribution in [-0.2, 0) is 0 Å². The largest absolute Gasteiger partial charge is 0.309 e. The standard InChI is InChI=1S/C60H42N2Si/c1-7-23-43(24-8-1)52-39-49(63(46-29-13-4-14-30-46,47-31-15-5-16-32-47)48-33-17-6-18-34-48)40-53(44-25-9-2-10-26-44)60(52)62-57-38-22-20-36-51(57)55-41-58-54(42-59(55)62)50-35-19-21-37-56(50)61(58)45-27-11-3-12-28-45/h1-42H. The molecule has 0 radical (unpaired) electrons. The maximum atomic E-state index is 2.57. The van der Waals surface area contributed by atoms with E-state index in [-0.39, 0.29) is 0 Å². The molecule has 0 aliphatic carbocycles. The molecule has 0 aliphatic heterocycles. The van der Waals surface area contributed by atoms with Gasteiger partial charge in [0.2, 0.25) is 0 Å². The summed E-state index contributed by atoms with van der Waals surface area (Å²) in [5.74, 6) is 0. The van der Waals surface area contributed by atoms with Crippen molar-refractivity contribution in [3.63, 3.8) is 0 Å². The first-order chi connectivity index (χ1) is 31.3. The van der Waals surface area contributed by atoms with Crippen molar-refractivity contribution in [1.82, 2.24) is 9.13 Å². The van der Waals surface area contributed by atoms with E-state index in [1.54, 1.807) is 0 Å². The van der Waals surface area contributed by atoms with Crippen LogP contribution in [0, 0.1) is 0 Å². The molecule has 10 aromatic carbocycles. The van der Waals surface area contributed by atoms with E-state index in [1.165, 1.54) is 92.3 Å². The molecule has 0 spiro atoms. The predicted molar refractivity (Wildman–Crippen MR) is 270 cm³/mol. The van der Waals surface area contributed by atoms with Crippen molar-refractivity contribution in [3.05, 3.63) is 255 Å². The van der Waals surface area contributed by atoms with Crippen molar-refractivity contribution in [3.8, 4) is 33.6 Å². The van der Waals surface area contributed by atoms with Crippen LogP contribution in [-0.4, -0.2) is 17.2 Å². The fraction of sp³-hybridized carbons (Fsp3) is 0. The second-order valence-corrected chi connectivity index (χ2v) is 20.2. The Bertz CT molecular complexity index is 3420. The molecule has 296 valence electrons. The number of benzene rings is 10. The summed E-state index contributed by atoms with van der Waals surface area (Å²) in [6, 6.07) is 94.5. The molecule has 0 unspecified atom stereocenters.